The third-order valence-electron chi connectivity index (χ3n) is 3.64. The van der Waals surface area contributed by atoms with Crippen LogP contribution in [-0.2, 0) is 4.74 Å². The normalized spacial score (nSPS) is 29.9. The molecule has 13 heteroatoms. The van der Waals surface area contributed by atoms with E-state index in [-0.39, 0.29) is 12.4 Å². The van der Waals surface area contributed by atoms with Gasteiger partial charge in [-0.1, -0.05) is 5.11 Å². The second kappa shape index (κ2) is 7.74. The van der Waals surface area contributed by atoms with E-state index in [9.17, 15) is 24.5 Å². The molecule has 2 heterocycles. The Bertz CT molecular complexity index is 712. The van der Waals surface area contributed by atoms with Gasteiger partial charge in [0, 0.05) is 17.7 Å². The van der Waals surface area contributed by atoms with E-state index < -0.39 is 49.2 Å². The SMILES string of the molecule is [N-]=[N+]=N[C@]1(CO)O[C@@H](n2ccc(NCC(O)CO)nc2=O)[C@@H](F)[C@@H]1O. The highest BCUT2D eigenvalue weighted by Crippen LogP contribution is 2.39. The van der Waals surface area contributed by atoms with Crippen molar-refractivity contribution in [1.29, 1.82) is 0 Å². The van der Waals surface area contributed by atoms with Crippen LogP contribution in [0.25, 0.3) is 10.4 Å². The first kappa shape index (κ1) is 19.1. The molecule has 5 N–H and O–H groups in total. The van der Waals surface area contributed by atoms with Crippen molar-refractivity contribution in [3.63, 3.8) is 0 Å². The fraction of sp³-hybridized carbons (Fsp3) is 0.667. The Kier molecular flexibility index (Phi) is 5.89. The summed E-state index contributed by atoms with van der Waals surface area (Å²) in [4.78, 5) is 18.1. The fourth-order valence-corrected chi connectivity index (χ4v) is 2.27. The summed E-state index contributed by atoms with van der Waals surface area (Å²) in [5, 5.41) is 42.8. The number of hydrogen-bond acceptors (Lipinski definition) is 9. The van der Waals surface area contributed by atoms with Crippen LogP contribution in [0.4, 0.5) is 10.2 Å². The van der Waals surface area contributed by atoms with Crippen molar-refractivity contribution < 1.29 is 29.6 Å². The van der Waals surface area contributed by atoms with Gasteiger partial charge < -0.3 is 30.5 Å². The zero-order valence-corrected chi connectivity index (χ0v) is 12.8. The first-order valence-electron chi connectivity index (χ1n) is 7.17. The van der Waals surface area contributed by atoms with Crippen LogP contribution < -0.4 is 11.0 Å². The van der Waals surface area contributed by atoms with Crippen molar-refractivity contribution in [3.8, 4) is 0 Å². The number of nitrogens with one attached hydrogen (secondary N) is 1. The molecular formula is C12H17FN6O6. The van der Waals surface area contributed by atoms with Crippen LogP contribution in [0.5, 0.6) is 0 Å². The van der Waals surface area contributed by atoms with Crippen molar-refractivity contribution >= 4 is 5.82 Å². The Labute approximate surface area is 139 Å². The number of nitrogens with zero attached hydrogens (tertiary/aromatic N) is 5. The van der Waals surface area contributed by atoms with Gasteiger partial charge in [-0.3, -0.25) is 4.57 Å². The second-order valence-corrected chi connectivity index (χ2v) is 5.31. The lowest BCUT2D eigenvalue weighted by Gasteiger charge is -2.23. The minimum atomic E-state index is -2.25. The summed E-state index contributed by atoms with van der Waals surface area (Å²) < 4.78 is 20.2. The minimum absolute atomic E-state index is 0.0613. The molecule has 1 aliphatic heterocycles. The molecule has 1 fully saturated rings. The van der Waals surface area contributed by atoms with Crippen LogP contribution in [0.2, 0.25) is 0 Å². The van der Waals surface area contributed by atoms with E-state index in [4.69, 9.17) is 15.4 Å². The maximum absolute atomic E-state index is 14.3. The topological polar surface area (TPSA) is 186 Å². The van der Waals surface area contributed by atoms with E-state index in [0.717, 1.165) is 10.8 Å². The van der Waals surface area contributed by atoms with Crippen molar-refractivity contribution in [1.82, 2.24) is 9.55 Å². The molecule has 1 aliphatic rings. The van der Waals surface area contributed by atoms with Gasteiger partial charge in [0.25, 0.3) is 0 Å². The lowest BCUT2D eigenvalue weighted by atomic mass is 10.1. The molecule has 2 rings (SSSR count). The predicted molar refractivity (Wildman–Crippen MR) is 80.1 cm³/mol. The van der Waals surface area contributed by atoms with Crippen molar-refractivity contribution in [2.75, 3.05) is 25.1 Å². The number of azide groups is 1. The quantitative estimate of drug-likeness (QED) is 0.215. The van der Waals surface area contributed by atoms with Crippen LogP contribution in [0.15, 0.2) is 22.2 Å². The molecule has 1 saturated heterocycles. The summed E-state index contributed by atoms with van der Waals surface area (Å²) in [6, 6.07) is 1.28. The van der Waals surface area contributed by atoms with Crippen LogP contribution in [-0.4, -0.2) is 73.8 Å². The Hall–Kier alpha value is -2.28. The third-order valence-corrected chi connectivity index (χ3v) is 3.64. The number of anilines is 1. The van der Waals surface area contributed by atoms with Gasteiger partial charge in [0.2, 0.25) is 5.72 Å². The van der Waals surface area contributed by atoms with Gasteiger partial charge in [0.15, 0.2) is 12.4 Å². The van der Waals surface area contributed by atoms with E-state index in [2.05, 4.69) is 20.3 Å². The molecule has 1 unspecified atom stereocenters. The molecular weight excluding hydrogens is 343 g/mol. The van der Waals surface area contributed by atoms with Gasteiger partial charge in [-0.15, -0.1) is 0 Å². The highest BCUT2D eigenvalue weighted by Gasteiger charge is 2.56. The minimum Gasteiger partial charge on any atom is -0.394 e. The molecule has 0 saturated carbocycles. The number of alkyl halides is 1. The molecule has 0 spiro atoms. The molecule has 1 aromatic rings. The number of aliphatic hydroxyl groups excluding tert-OH is 4. The van der Waals surface area contributed by atoms with E-state index in [1.807, 2.05) is 0 Å². The number of halogens is 1. The van der Waals surface area contributed by atoms with Crippen molar-refractivity contribution in [3.05, 3.63) is 33.2 Å². The summed E-state index contributed by atoms with van der Waals surface area (Å²) in [7, 11) is 0. The average molecular weight is 360 g/mol. The van der Waals surface area contributed by atoms with Crippen molar-refractivity contribution in [2.45, 2.75) is 30.3 Å². The smallest absolute Gasteiger partial charge is 0.351 e. The van der Waals surface area contributed by atoms with E-state index in [1.54, 1.807) is 0 Å². The molecule has 1 aromatic heterocycles. The summed E-state index contributed by atoms with van der Waals surface area (Å²) in [6.45, 7) is -1.54. The third kappa shape index (κ3) is 3.71. The molecule has 0 bridgehead atoms. The lowest BCUT2D eigenvalue weighted by Crippen LogP contribution is -2.43. The number of hydrogen-bond donors (Lipinski definition) is 5. The fourth-order valence-electron chi connectivity index (χ4n) is 2.27. The van der Waals surface area contributed by atoms with E-state index in [0.29, 0.717) is 0 Å². The zero-order chi connectivity index (χ0) is 18.6. The number of aliphatic hydroxyl groups is 4. The van der Waals surface area contributed by atoms with Crippen molar-refractivity contribution in [2.24, 2.45) is 5.11 Å². The predicted octanol–water partition coefficient (Wildman–Crippen LogP) is -1.76. The second-order valence-electron chi connectivity index (χ2n) is 5.31. The number of ether oxygens (including phenoxy) is 1. The Morgan fingerprint density at radius 3 is 2.88 bits per heavy atom. The molecule has 5 atom stereocenters. The molecule has 0 amide bonds. The summed E-state index contributed by atoms with van der Waals surface area (Å²) in [5.74, 6) is 0.0613. The maximum Gasteiger partial charge on any atom is 0.351 e. The zero-order valence-electron chi connectivity index (χ0n) is 12.8. The first-order valence-corrected chi connectivity index (χ1v) is 7.17. The van der Waals surface area contributed by atoms with Gasteiger partial charge >= 0.3 is 5.69 Å². The summed E-state index contributed by atoms with van der Waals surface area (Å²) in [6.07, 6.45) is -5.74. The Morgan fingerprint density at radius 2 is 2.32 bits per heavy atom. The number of aromatic nitrogens is 2. The largest absolute Gasteiger partial charge is 0.394 e. The first-order chi connectivity index (χ1) is 11.9. The lowest BCUT2D eigenvalue weighted by molar-refractivity contribution is -0.124. The van der Waals surface area contributed by atoms with Gasteiger partial charge in [-0.05, 0) is 11.6 Å². The van der Waals surface area contributed by atoms with Crippen LogP contribution in [0, 0.1) is 0 Å². The van der Waals surface area contributed by atoms with Gasteiger partial charge in [-0.25, -0.2) is 9.18 Å². The average Bonchev–Trinajstić information content (AvgIpc) is 2.85. The number of rotatable bonds is 7. The van der Waals surface area contributed by atoms with Crippen LogP contribution in [0.1, 0.15) is 6.23 Å². The molecule has 12 nitrogen and oxygen atoms in total. The van der Waals surface area contributed by atoms with Gasteiger partial charge in [0.1, 0.15) is 11.9 Å². The van der Waals surface area contributed by atoms with Crippen LogP contribution >= 0.6 is 0 Å². The Balaban J connectivity index is 2.24. The highest BCUT2D eigenvalue weighted by molar-refractivity contribution is 5.32. The molecule has 0 aromatic carbocycles. The van der Waals surface area contributed by atoms with E-state index in [1.165, 1.54) is 6.07 Å². The monoisotopic (exact) mass is 360 g/mol. The van der Waals surface area contributed by atoms with Gasteiger partial charge in [0.05, 0.1) is 19.3 Å². The van der Waals surface area contributed by atoms with E-state index >= 15 is 0 Å². The molecule has 138 valence electrons. The summed E-state index contributed by atoms with van der Waals surface area (Å²) >= 11 is 0. The molecule has 0 aliphatic carbocycles. The standard InChI is InChI=1S/C12H17FN6O6/c13-8-9(23)12(5-21,17-18-14)25-10(8)19-2-1-7(16-11(19)24)15-3-6(22)4-20/h1-2,6,8-10,20-23H,3-5H2,(H,15,16,24)/t6?,8-,9-,10+,12+/m0/s1. The highest BCUT2D eigenvalue weighted by atomic mass is 19.1. The van der Waals surface area contributed by atoms with Crippen LogP contribution in [0.3, 0.4) is 0 Å². The molecule has 0 radical (unpaired) electrons. The summed E-state index contributed by atoms with van der Waals surface area (Å²) in [5.41, 5.74) is 5.31. The Morgan fingerprint density at radius 1 is 1.60 bits per heavy atom. The van der Waals surface area contributed by atoms with Gasteiger partial charge in [-0.2, -0.15) is 4.98 Å². The maximum atomic E-state index is 14.3. The molecule has 25 heavy (non-hydrogen) atoms.